The Hall–Kier alpha value is -3.39. The minimum atomic E-state index is -0.520. The van der Waals surface area contributed by atoms with E-state index in [2.05, 4.69) is 59.4 Å². The first-order valence-electron chi connectivity index (χ1n) is 13.6. The van der Waals surface area contributed by atoms with Crippen LogP contribution in [-0.2, 0) is 29.0 Å². The predicted molar refractivity (Wildman–Crippen MR) is 153 cm³/mol. The molecule has 4 aromatic rings. The lowest BCUT2D eigenvalue weighted by Crippen LogP contribution is -2.43. The first kappa shape index (κ1) is 27.2. The zero-order valence-corrected chi connectivity index (χ0v) is 22.4. The summed E-state index contributed by atoms with van der Waals surface area (Å²) in [5.74, 6) is -0.0250. The number of hydrogen-bond acceptors (Lipinski definition) is 6. The highest BCUT2D eigenvalue weighted by atomic mass is 16.7. The quantitative estimate of drug-likeness (QED) is 0.299. The molecule has 1 aliphatic heterocycles. The summed E-state index contributed by atoms with van der Waals surface area (Å²) in [5, 5.41) is 9.61. The number of ether oxygens (including phenoxy) is 2. The van der Waals surface area contributed by atoms with Crippen molar-refractivity contribution in [1.82, 2.24) is 9.88 Å². The highest BCUT2D eigenvalue weighted by molar-refractivity contribution is 5.32. The van der Waals surface area contributed by atoms with Gasteiger partial charge in [0.15, 0.2) is 6.29 Å². The third-order valence-electron chi connectivity index (χ3n) is 7.43. The van der Waals surface area contributed by atoms with Gasteiger partial charge in [0, 0.05) is 49.4 Å². The highest BCUT2D eigenvalue weighted by Crippen LogP contribution is 2.47. The van der Waals surface area contributed by atoms with Crippen LogP contribution in [0.3, 0.4) is 0 Å². The second-order valence-corrected chi connectivity index (χ2v) is 10.2. The van der Waals surface area contributed by atoms with Crippen molar-refractivity contribution in [3.8, 4) is 0 Å². The molecule has 1 fully saturated rings. The average Bonchev–Trinajstić information content (AvgIpc) is 3.00. The minimum absolute atomic E-state index is 0.0108. The summed E-state index contributed by atoms with van der Waals surface area (Å²) >= 11 is 0. The van der Waals surface area contributed by atoms with Crippen LogP contribution >= 0.6 is 0 Å². The highest BCUT2D eigenvalue weighted by Gasteiger charge is 2.42. The van der Waals surface area contributed by atoms with Gasteiger partial charge in [-0.3, -0.25) is 4.98 Å². The van der Waals surface area contributed by atoms with Crippen LogP contribution in [0.5, 0.6) is 0 Å². The number of aromatic nitrogens is 1. The van der Waals surface area contributed by atoms with Gasteiger partial charge >= 0.3 is 0 Å². The zero-order chi connectivity index (χ0) is 27.0. The van der Waals surface area contributed by atoms with E-state index in [0.717, 1.165) is 47.5 Å². The molecule has 5 rings (SSSR count). The summed E-state index contributed by atoms with van der Waals surface area (Å²) in [4.78, 5) is 6.81. The van der Waals surface area contributed by atoms with Crippen LogP contribution in [0.4, 0.5) is 0 Å². The molecule has 3 N–H and O–H groups in total. The summed E-state index contributed by atoms with van der Waals surface area (Å²) in [6.07, 6.45) is 1.83. The van der Waals surface area contributed by atoms with Gasteiger partial charge in [-0.2, -0.15) is 0 Å². The summed E-state index contributed by atoms with van der Waals surface area (Å²) in [7, 11) is 2.14. The lowest BCUT2D eigenvalue weighted by Gasteiger charge is -2.44. The van der Waals surface area contributed by atoms with E-state index >= 15 is 0 Å². The molecule has 4 atom stereocenters. The van der Waals surface area contributed by atoms with E-state index in [1.54, 1.807) is 0 Å². The van der Waals surface area contributed by atoms with Crippen LogP contribution in [0.25, 0.3) is 0 Å². The molecule has 3 aromatic carbocycles. The van der Waals surface area contributed by atoms with E-state index < -0.39 is 6.29 Å². The van der Waals surface area contributed by atoms with Crippen LogP contribution in [0.15, 0.2) is 103 Å². The van der Waals surface area contributed by atoms with Crippen molar-refractivity contribution < 1.29 is 14.6 Å². The topological polar surface area (TPSA) is 80.8 Å². The molecule has 1 aromatic heterocycles. The molecule has 0 amide bonds. The monoisotopic (exact) mass is 523 g/mol. The summed E-state index contributed by atoms with van der Waals surface area (Å²) in [5.41, 5.74) is 12.1. The van der Waals surface area contributed by atoms with Crippen molar-refractivity contribution in [2.45, 2.75) is 44.0 Å². The molecule has 39 heavy (non-hydrogen) atoms. The van der Waals surface area contributed by atoms with Gasteiger partial charge < -0.3 is 25.2 Å². The maximum absolute atomic E-state index is 9.61. The fourth-order valence-electron chi connectivity index (χ4n) is 5.23. The average molecular weight is 524 g/mol. The zero-order valence-electron chi connectivity index (χ0n) is 22.4. The van der Waals surface area contributed by atoms with Crippen molar-refractivity contribution in [2.75, 3.05) is 20.1 Å². The fraction of sp³-hybridized carbons (Fsp3) is 0.303. The first-order chi connectivity index (χ1) is 19.1. The van der Waals surface area contributed by atoms with Crippen LogP contribution in [0, 0.1) is 0 Å². The van der Waals surface area contributed by atoms with E-state index in [4.69, 9.17) is 15.2 Å². The van der Waals surface area contributed by atoms with Crippen LogP contribution < -0.4 is 5.73 Å². The standard InChI is InChI=1S/C33H37N3O3/c1-36(20-18-29-9-5-6-19-35-29)22-30-31(26-7-3-2-4-8-26)32(27-14-12-25(23-37)13-15-27)39-33(38-30)28-16-10-24(21-34)11-17-28/h2-17,19,30-33,37H,18,20-23,34H2,1H3/t30-,31-,32+,33?/m1/s1. The number of aliphatic hydroxyl groups is 1. The van der Waals surface area contributed by atoms with E-state index in [-0.39, 0.29) is 24.7 Å². The molecule has 1 saturated heterocycles. The van der Waals surface area contributed by atoms with Crippen molar-refractivity contribution in [3.05, 3.63) is 137 Å². The fourth-order valence-corrected chi connectivity index (χ4v) is 5.23. The second kappa shape index (κ2) is 13.1. The van der Waals surface area contributed by atoms with Crippen molar-refractivity contribution in [1.29, 1.82) is 0 Å². The van der Waals surface area contributed by atoms with Crippen molar-refractivity contribution >= 4 is 0 Å². The van der Waals surface area contributed by atoms with E-state index in [0.29, 0.717) is 6.54 Å². The van der Waals surface area contributed by atoms with Gasteiger partial charge in [0.05, 0.1) is 18.8 Å². The molecule has 6 nitrogen and oxygen atoms in total. The number of likely N-dealkylation sites (N-methyl/N-ethyl adjacent to an activating group) is 1. The minimum Gasteiger partial charge on any atom is -0.392 e. The lowest BCUT2D eigenvalue weighted by molar-refractivity contribution is -0.263. The SMILES string of the molecule is CN(CCc1ccccn1)C[C@H]1OC(c2ccc(CN)cc2)O[C@@H](c2ccc(CO)cc2)[C@@H]1c1ccccc1. The van der Waals surface area contributed by atoms with E-state index in [9.17, 15) is 5.11 Å². The Morgan fingerprint density at radius 1 is 0.795 bits per heavy atom. The normalized spacial score (nSPS) is 21.2. The Balaban J connectivity index is 1.47. The third-order valence-corrected chi connectivity index (χ3v) is 7.43. The molecular formula is C33H37N3O3. The predicted octanol–water partition coefficient (Wildman–Crippen LogP) is 5.15. The Morgan fingerprint density at radius 2 is 1.49 bits per heavy atom. The third kappa shape index (κ3) is 6.79. The number of pyridine rings is 1. The van der Waals surface area contributed by atoms with Crippen LogP contribution in [0.2, 0.25) is 0 Å². The Bertz CT molecular complexity index is 1280. The van der Waals surface area contributed by atoms with Crippen molar-refractivity contribution in [2.24, 2.45) is 5.73 Å². The molecule has 0 radical (unpaired) electrons. The Labute approximate surface area is 231 Å². The van der Waals surface area contributed by atoms with Gasteiger partial charge in [-0.25, -0.2) is 0 Å². The number of nitrogens with zero attached hydrogens (tertiary/aromatic N) is 2. The molecule has 1 unspecified atom stereocenters. The smallest absolute Gasteiger partial charge is 0.184 e. The molecular weight excluding hydrogens is 486 g/mol. The number of nitrogens with two attached hydrogens (primary N) is 1. The lowest BCUT2D eigenvalue weighted by atomic mass is 9.83. The van der Waals surface area contributed by atoms with Gasteiger partial charge in [-0.15, -0.1) is 0 Å². The van der Waals surface area contributed by atoms with Gasteiger partial charge in [0.2, 0.25) is 0 Å². The molecule has 0 aliphatic carbocycles. The van der Waals surface area contributed by atoms with Crippen molar-refractivity contribution in [3.63, 3.8) is 0 Å². The molecule has 0 saturated carbocycles. The van der Waals surface area contributed by atoms with Gasteiger partial charge in [-0.1, -0.05) is 84.9 Å². The number of benzene rings is 3. The summed E-state index contributed by atoms with van der Waals surface area (Å²) in [6, 6.07) is 32.8. The van der Waals surface area contributed by atoms with Gasteiger partial charge in [-0.05, 0) is 41.4 Å². The number of rotatable bonds is 10. The van der Waals surface area contributed by atoms with Crippen LogP contribution in [-0.4, -0.2) is 41.2 Å². The molecule has 0 bridgehead atoms. The first-order valence-corrected chi connectivity index (χ1v) is 13.6. The molecule has 202 valence electrons. The molecule has 0 spiro atoms. The van der Waals surface area contributed by atoms with E-state index in [1.165, 1.54) is 5.56 Å². The molecule has 1 aliphatic rings. The maximum Gasteiger partial charge on any atom is 0.184 e. The molecule has 6 heteroatoms. The number of hydrogen-bond donors (Lipinski definition) is 2. The molecule has 2 heterocycles. The Kier molecular flexibility index (Phi) is 9.14. The summed E-state index contributed by atoms with van der Waals surface area (Å²) in [6.45, 7) is 2.10. The largest absolute Gasteiger partial charge is 0.392 e. The second-order valence-electron chi connectivity index (χ2n) is 10.2. The van der Waals surface area contributed by atoms with Crippen LogP contribution in [0.1, 0.15) is 51.8 Å². The maximum atomic E-state index is 9.61. The van der Waals surface area contributed by atoms with Gasteiger partial charge in [0.1, 0.15) is 0 Å². The summed E-state index contributed by atoms with van der Waals surface area (Å²) < 4.78 is 13.6. The van der Waals surface area contributed by atoms with E-state index in [1.807, 2.05) is 60.8 Å². The number of aliphatic hydroxyl groups excluding tert-OH is 1. The Morgan fingerprint density at radius 3 is 2.15 bits per heavy atom. The van der Waals surface area contributed by atoms with Gasteiger partial charge in [0.25, 0.3) is 0 Å².